The van der Waals surface area contributed by atoms with Gasteiger partial charge in [0.05, 0.1) is 23.3 Å². The summed E-state index contributed by atoms with van der Waals surface area (Å²) in [4.78, 5) is 12.1. The van der Waals surface area contributed by atoms with Crippen LogP contribution >= 0.6 is 0 Å². The van der Waals surface area contributed by atoms with Gasteiger partial charge in [-0.3, -0.25) is 9.52 Å². The van der Waals surface area contributed by atoms with Crippen molar-refractivity contribution >= 4 is 27.3 Å². The lowest BCUT2D eigenvalue weighted by atomic mass is 10.1. The van der Waals surface area contributed by atoms with Crippen molar-refractivity contribution in [1.82, 2.24) is 0 Å². The second kappa shape index (κ2) is 8.27. The molecule has 0 unspecified atom stereocenters. The van der Waals surface area contributed by atoms with Gasteiger partial charge >= 0.3 is 0 Å². The molecule has 0 aliphatic heterocycles. The number of para-hydroxylation sites is 1. The van der Waals surface area contributed by atoms with E-state index in [0.29, 0.717) is 29.6 Å². The summed E-state index contributed by atoms with van der Waals surface area (Å²) in [6, 6.07) is 14.4. The van der Waals surface area contributed by atoms with Gasteiger partial charge in [0.2, 0.25) is 0 Å². The van der Waals surface area contributed by atoms with Gasteiger partial charge in [-0.1, -0.05) is 18.2 Å². The predicted molar refractivity (Wildman–Crippen MR) is 105 cm³/mol. The maximum Gasteiger partial charge on any atom is 0.262 e. The quantitative estimate of drug-likeness (QED) is 0.633. The SMILES string of the molecule is COc1cccc(NC(=O)c2ccccc2NS(=O)(=O)c2cc(F)cc(F)c2)c1. The van der Waals surface area contributed by atoms with Crippen molar-refractivity contribution in [2.24, 2.45) is 0 Å². The molecule has 0 aliphatic rings. The summed E-state index contributed by atoms with van der Waals surface area (Å²) >= 11 is 0. The number of benzene rings is 3. The molecule has 0 aliphatic carbocycles. The van der Waals surface area contributed by atoms with Gasteiger partial charge in [0, 0.05) is 17.8 Å². The fraction of sp³-hybridized carbons (Fsp3) is 0.0500. The van der Waals surface area contributed by atoms with E-state index in [1.165, 1.54) is 25.3 Å². The Labute approximate surface area is 166 Å². The molecule has 0 fully saturated rings. The zero-order chi connectivity index (χ0) is 21.0. The lowest BCUT2D eigenvalue weighted by Gasteiger charge is -2.13. The first-order valence-electron chi connectivity index (χ1n) is 8.32. The summed E-state index contributed by atoms with van der Waals surface area (Å²) in [5, 5.41) is 2.64. The number of hydrogen-bond donors (Lipinski definition) is 2. The van der Waals surface area contributed by atoms with Gasteiger partial charge in [0.15, 0.2) is 0 Å². The zero-order valence-corrected chi connectivity index (χ0v) is 16.0. The topological polar surface area (TPSA) is 84.5 Å². The van der Waals surface area contributed by atoms with Crippen LogP contribution in [0.3, 0.4) is 0 Å². The third kappa shape index (κ3) is 4.88. The Morgan fingerprint density at radius 1 is 0.931 bits per heavy atom. The first kappa shape index (κ1) is 20.3. The lowest BCUT2D eigenvalue weighted by Crippen LogP contribution is -2.19. The molecule has 9 heteroatoms. The number of hydrogen-bond acceptors (Lipinski definition) is 4. The molecule has 0 bridgehead atoms. The molecule has 0 aromatic heterocycles. The molecule has 3 aromatic rings. The minimum Gasteiger partial charge on any atom is -0.497 e. The first-order chi connectivity index (χ1) is 13.8. The molecule has 29 heavy (non-hydrogen) atoms. The van der Waals surface area contributed by atoms with Gasteiger partial charge in [-0.15, -0.1) is 0 Å². The van der Waals surface area contributed by atoms with Crippen LogP contribution in [-0.4, -0.2) is 21.4 Å². The van der Waals surface area contributed by atoms with Gasteiger partial charge in [-0.25, -0.2) is 17.2 Å². The molecule has 0 saturated heterocycles. The van der Waals surface area contributed by atoms with Gasteiger partial charge in [0.1, 0.15) is 17.4 Å². The largest absolute Gasteiger partial charge is 0.497 e. The maximum atomic E-state index is 13.4. The smallest absolute Gasteiger partial charge is 0.262 e. The van der Waals surface area contributed by atoms with Gasteiger partial charge in [-0.05, 0) is 36.4 Å². The summed E-state index contributed by atoms with van der Waals surface area (Å²) in [7, 11) is -2.84. The molecule has 0 spiro atoms. The third-order valence-corrected chi connectivity index (χ3v) is 5.23. The van der Waals surface area contributed by atoms with E-state index >= 15 is 0 Å². The van der Waals surface area contributed by atoms with E-state index in [1.54, 1.807) is 30.3 Å². The van der Waals surface area contributed by atoms with E-state index in [0.717, 1.165) is 0 Å². The molecular weight excluding hydrogens is 402 g/mol. The summed E-state index contributed by atoms with van der Waals surface area (Å²) in [5.74, 6) is -2.12. The Hall–Kier alpha value is -3.46. The maximum absolute atomic E-state index is 13.4. The fourth-order valence-electron chi connectivity index (χ4n) is 2.56. The zero-order valence-electron chi connectivity index (χ0n) is 15.1. The molecule has 0 saturated carbocycles. The van der Waals surface area contributed by atoms with Crippen molar-refractivity contribution in [3.8, 4) is 5.75 Å². The summed E-state index contributed by atoms with van der Waals surface area (Å²) in [5.41, 5.74) is 0.424. The average Bonchev–Trinajstić information content (AvgIpc) is 2.67. The van der Waals surface area contributed by atoms with Gasteiger partial charge in [0.25, 0.3) is 15.9 Å². The standard InChI is InChI=1S/C20H16F2N2O4S/c1-28-16-6-4-5-15(12-16)23-20(25)18-7-2-3-8-19(18)24-29(26,27)17-10-13(21)9-14(22)11-17/h2-12,24H,1H3,(H,23,25). The highest BCUT2D eigenvalue weighted by molar-refractivity contribution is 7.92. The van der Waals surface area contributed by atoms with Crippen LogP contribution in [0.25, 0.3) is 0 Å². The number of carbonyl (C=O) groups is 1. The fourth-order valence-corrected chi connectivity index (χ4v) is 3.68. The highest BCUT2D eigenvalue weighted by Crippen LogP contribution is 2.23. The Kier molecular flexibility index (Phi) is 5.79. The second-order valence-electron chi connectivity index (χ2n) is 5.94. The Balaban J connectivity index is 1.89. The molecule has 1 amide bonds. The summed E-state index contributed by atoms with van der Waals surface area (Å²) in [6.45, 7) is 0. The molecule has 150 valence electrons. The average molecular weight is 418 g/mol. The predicted octanol–water partition coefficient (Wildman–Crippen LogP) is 4.03. The monoisotopic (exact) mass is 418 g/mol. The lowest BCUT2D eigenvalue weighted by molar-refractivity contribution is 0.102. The molecule has 0 heterocycles. The van der Waals surface area contributed by atoms with Crippen molar-refractivity contribution in [3.63, 3.8) is 0 Å². The van der Waals surface area contributed by atoms with Crippen molar-refractivity contribution in [2.45, 2.75) is 4.90 Å². The first-order valence-corrected chi connectivity index (χ1v) is 9.80. The minimum atomic E-state index is -4.33. The number of amides is 1. The Morgan fingerprint density at radius 3 is 2.31 bits per heavy atom. The number of anilines is 2. The van der Waals surface area contributed by atoms with Crippen LogP contribution in [0.5, 0.6) is 5.75 Å². The van der Waals surface area contributed by atoms with Crippen LogP contribution in [0.15, 0.2) is 71.6 Å². The van der Waals surface area contributed by atoms with Gasteiger partial charge in [-0.2, -0.15) is 0 Å². The number of ether oxygens (including phenoxy) is 1. The molecule has 2 N–H and O–H groups in total. The number of rotatable bonds is 6. The van der Waals surface area contributed by atoms with E-state index in [9.17, 15) is 22.0 Å². The van der Waals surface area contributed by atoms with Crippen LogP contribution in [0.1, 0.15) is 10.4 Å². The van der Waals surface area contributed by atoms with Crippen molar-refractivity contribution in [2.75, 3.05) is 17.1 Å². The summed E-state index contributed by atoms with van der Waals surface area (Å²) < 4.78 is 59.2. The van der Waals surface area contributed by atoms with Crippen LogP contribution in [-0.2, 0) is 10.0 Å². The minimum absolute atomic E-state index is 0.0239. The van der Waals surface area contributed by atoms with Crippen molar-refractivity contribution in [3.05, 3.63) is 83.9 Å². The van der Waals surface area contributed by atoms with Crippen LogP contribution < -0.4 is 14.8 Å². The molecule has 6 nitrogen and oxygen atoms in total. The molecule has 0 atom stereocenters. The highest BCUT2D eigenvalue weighted by atomic mass is 32.2. The van der Waals surface area contributed by atoms with Crippen molar-refractivity contribution < 1.29 is 26.7 Å². The molecule has 3 rings (SSSR count). The van der Waals surface area contributed by atoms with Crippen LogP contribution in [0.4, 0.5) is 20.2 Å². The van der Waals surface area contributed by atoms with E-state index < -0.39 is 32.5 Å². The molecule has 0 radical (unpaired) electrons. The van der Waals surface area contributed by atoms with Crippen LogP contribution in [0, 0.1) is 11.6 Å². The number of halogens is 2. The van der Waals surface area contributed by atoms with E-state index in [1.807, 2.05) is 0 Å². The Bertz CT molecular complexity index is 1150. The molecule has 3 aromatic carbocycles. The third-order valence-electron chi connectivity index (χ3n) is 3.89. The number of carbonyl (C=O) groups excluding carboxylic acids is 1. The number of methoxy groups -OCH3 is 1. The summed E-state index contributed by atoms with van der Waals surface area (Å²) in [6.07, 6.45) is 0. The molecular formula is C20H16F2N2O4S. The van der Waals surface area contributed by atoms with Gasteiger partial charge < -0.3 is 10.1 Å². The van der Waals surface area contributed by atoms with E-state index in [2.05, 4.69) is 10.0 Å². The Morgan fingerprint density at radius 2 is 1.62 bits per heavy atom. The number of sulfonamides is 1. The second-order valence-corrected chi connectivity index (χ2v) is 7.62. The van der Waals surface area contributed by atoms with E-state index in [-0.39, 0.29) is 11.3 Å². The highest BCUT2D eigenvalue weighted by Gasteiger charge is 2.20. The normalized spacial score (nSPS) is 11.0. The van der Waals surface area contributed by atoms with Crippen LogP contribution in [0.2, 0.25) is 0 Å². The van der Waals surface area contributed by atoms with Crippen molar-refractivity contribution in [1.29, 1.82) is 0 Å². The van der Waals surface area contributed by atoms with E-state index in [4.69, 9.17) is 4.74 Å². The number of nitrogens with one attached hydrogen (secondary N) is 2.